The van der Waals surface area contributed by atoms with Gasteiger partial charge in [0.25, 0.3) is 0 Å². The Morgan fingerprint density at radius 2 is 1.78 bits per heavy atom. The monoisotopic (exact) mass is 334 g/mol. The number of para-hydroxylation sites is 1. The van der Waals surface area contributed by atoms with E-state index < -0.39 is 0 Å². The van der Waals surface area contributed by atoms with Crippen LogP contribution in [0.1, 0.15) is 25.5 Å². The lowest BCUT2D eigenvalue weighted by molar-refractivity contribution is -0.115. The van der Waals surface area contributed by atoms with Crippen molar-refractivity contribution in [1.29, 1.82) is 0 Å². The van der Waals surface area contributed by atoms with Crippen molar-refractivity contribution in [3.8, 4) is 0 Å². The molecule has 0 saturated carbocycles. The van der Waals surface area contributed by atoms with Gasteiger partial charge in [0.15, 0.2) is 0 Å². The molecule has 1 amide bonds. The number of hydrogen-bond donors (Lipinski definition) is 2. The third-order valence-corrected chi connectivity index (χ3v) is 3.86. The summed E-state index contributed by atoms with van der Waals surface area (Å²) >= 11 is 6.02. The molecule has 0 unspecified atom stereocenters. The van der Waals surface area contributed by atoms with Crippen LogP contribution in [-0.4, -0.2) is 12.5 Å². The molecule has 3 nitrogen and oxygen atoms in total. The molecule has 2 N–H and O–H groups in total. The van der Waals surface area contributed by atoms with Gasteiger partial charge in [0.05, 0.1) is 17.3 Å². The lowest BCUT2D eigenvalue weighted by atomic mass is 9.96. The van der Waals surface area contributed by atoms with Gasteiger partial charge in [-0.05, 0) is 35.7 Å². The minimum Gasteiger partial charge on any atom is -0.324 e. The zero-order valence-electron chi connectivity index (χ0n) is 13.1. The van der Waals surface area contributed by atoms with Gasteiger partial charge in [-0.2, -0.15) is 0 Å². The third kappa shape index (κ3) is 5.05. The maximum absolute atomic E-state index is 13.0. The summed E-state index contributed by atoms with van der Waals surface area (Å²) in [5.41, 5.74) is 1.54. The van der Waals surface area contributed by atoms with E-state index in [2.05, 4.69) is 10.6 Å². The first-order valence-electron chi connectivity index (χ1n) is 7.50. The summed E-state index contributed by atoms with van der Waals surface area (Å²) in [6.45, 7) is 4.24. The van der Waals surface area contributed by atoms with E-state index in [1.807, 2.05) is 19.9 Å². The Kier molecular flexibility index (Phi) is 6.13. The van der Waals surface area contributed by atoms with E-state index in [-0.39, 0.29) is 30.2 Å². The molecule has 1 atom stereocenters. The van der Waals surface area contributed by atoms with Gasteiger partial charge >= 0.3 is 0 Å². The summed E-state index contributed by atoms with van der Waals surface area (Å²) in [7, 11) is 0. The fourth-order valence-electron chi connectivity index (χ4n) is 2.37. The smallest absolute Gasteiger partial charge is 0.238 e. The number of benzene rings is 2. The number of carbonyl (C=O) groups excluding carboxylic acids is 1. The van der Waals surface area contributed by atoms with Crippen LogP contribution in [-0.2, 0) is 4.79 Å². The first kappa shape index (κ1) is 17.4. The predicted octanol–water partition coefficient (Wildman–Crippen LogP) is 4.40. The van der Waals surface area contributed by atoms with Crippen molar-refractivity contribution in [2.75, 3.05) is 11.9 Å². The molecule has 5 heteroatoms. The van der Waals surface area contributed by atoms with Crippen LogP contribution in [0.5, 0.6) is 0 Å². The fourth-order valence-corrected chi connectivity index (χ4v) is 2.55. The number of hydrogen-bond acceptors (Lipinski definition) is 2. The Bertz CT molecular complexity index is 658. The van der Waals surface area contributed by atoms with Gasteiger partial charge in [0.1, 0.15) is 5.82 Å². The van der Waals surface area contributed by atoms with E-state index in [1.54, 1.807) is 30.3 Å². The van der Waals surface area contributed by atoms with Gasteiger partial charge in [-0.3, -0.25) is 4.79 Å². The Hall–Kier alpha value is -1.91. The largest absolute Gasteiger partial charge is 0.324 e. The van der Waals surface area contributed by atoms with E-state index in [0.29, 0.717) is 10.7 Å². The van der Waals surface area contributed by atoms with Crippen LogP contribution in [0, 0.1) is 11.7 Å². The van der Waals surface area contributed by atoms with Crippen LogP contribution in [0.3, 0.4) is 0 Å². The van der Waals surface area contributed by atoms with Crippen molar-refractivity contribution in [3.05, 3.63) is 64.9 Å². The highest BCUT2D eigenvalue weighted by atomic mass is 35.5. The Balaban J connectivity index is 1.97. The zero-order valence-corrected chi connectivity index (χ0v) is 13.9. The van der Waals surface area contributed by atoms with Gasteiger partial charge in [0, 0.05) is 6.04 Å². The average Bonchev–Trinajstić information content (AvgIpc) is 2.51. The molecule has 2 aromatic carbocycles. The topological polar surface area (TPSA) is 41.1 Å². The summed E-state index contributed by atoms with van der Waals surface area (Å²) in [6.07, 6.45) is 0. The van der Waals surface area contributed by atoms with Crippen molar-refractivity contribution in [1.82, 2.24) is 5.32 Å². The van der Waals surface area contributed by atoms with Crippen LogP contribution >= 0.6 is 11.6 Å². The van der Waals surface area contributed by atoms with Gasteiger partial charge < -0.3 is 10.6 Å². The molecular formula is C18H20ClFN2O. The normalized spacial score (nSPS) is 12.2. The van der Waals surface area contributed by atoms with E-state index in [1.165, 1.54) is 12.1 Å². The van der Waals surface area contributed by atoms with Crippen LogP contribution in [0.2, 0.25) is 5.02 Å². The summed E-state index contributed by atoms with van der Waals surface area (Å²) in [6, 6.07) is 13.4. The second-order valence-corrected chi connectivity index (χ2v) is 6.09. The molecule has 2 rings (SSSR count). The van der Waals surface area contributed by atoms with Crippen molar-refractivity contribution >= 4 is 23.2 Å². The number of halogens is 2. The maximum atomic E-state index is 13.0. The second-order valence-electron chi connectivity index (χ2n) is 5.68. The highest BCUT2D eigenvalue weighted by Crippen LogP contribution is 2.22. The minimum absolute atomic E-state index is 0.0346. The number of anilines is 1. The molecule has 0 fully saturated rings. The molecule has 0 heterocycles. The van der Waals surface area contributed by atoms with Crippen LogP contribution in [0.15, 0.2) is 48.5 Å². The van der Waals surface area contributed by atoms with Crippen LogP contribution in [0.25, 0.3) is 0 Å². The standard InChI is InChI=1S/C18H20ClFN2O/c1-12(2)18(13-7-9-14(20)10-8-13)21-11-17(23)22-16-6-4-3-5-15(16)19/h3-10,12,18,21H,11H2,1-2H3,(H,22,23)/t18-/m1/s1. The summed E-state index contributed by atoms with van der Waals surface area (Å²) < 4.78 is 13.0. The van der Waals surface area contributed by atoms with Crippen molar-refractivity contribution in [3.63, 3.8) is 0 Å². The van der Waals surface area contributed by atoms with Gasteiger partial charge in [0.2, 0.25) is 5.91 Å². The number of amides is 1. The second kappa shape index (κ2) is 8.09. The predicted molar refractivity (Wildman–Crippen MR) is 92.1 cm³/mol. The zero-order chi connectivity index (χ0) is 16.8. The Labute approximate surface area is 140 Å². The lowest BCUT2D eigenvalue weighted by Gasteiger charge is -2.23. The first-order valence-corrected chi connectivity index (χ1v) is 7.88. The molecular weight excluding hydrogens is 315 g/mol. The summed E-state index contributed by atoms with van der Waals surface area (Å²) in [5, 5.41) is 6.49. The molecule has 122 valence electrons. The molecule has 0 saturated heterocycles. The van der Waals surface area contributed by atoms with Crippen LogP contribution in [0.4, 0.5) is 10.1 Å². The molecule has 0 aromatic heterocycles. The number of rotatable bonds is 6. The molecule has 0 radical (unpaired) electrons. The highest BCUT2D eigenvalue weighted by Gasteiger charge is 2.17. The van der Waals surface area contributed by atoms with Crippen molar-refractivity contribution < 1.29 is 9.18 Å². The molecule has 0 aliphatic heterocycles. The van der Waals surface area contributed by atoms with Crippen molar-refractivity contribution in [2.45, 2.75) is 19.9 Å². The quantitative estimate of drug-likeness (QED) is 0.821. The Morgan fingerprint density at radius 1 is 1.13 bits per heavy atom. The van der Waals surface area contributed by atoms with E-state index in [9.17, 15) is 9.18 Å². The Morgan fingerprint density at radius 3 is 2.39 bits per heavy atom. The highest BCUT2D eigenvalue weighted by molar-refractivity contribution is 6.33. The van der Waals surface area contributed by atoms with Gasteiger partial charge in [-0.25, -0.2) is 4.39 Å². The molecule has 0 aliphatic rings. The van der Waals surface area contributed by atoms with Crippen molar-refractivity contribution in [2.24, 2.45) is 5.92 Å². The number of nitrogens with one attached hydrogen (secondary N) is 2. The van der Waals surface area contributed by atoms with Crippen LogP contribution < -0.4 is 10.6 Å². The molecule has 0 spiro atoms. The summed E-state index contributed by atoms with van der Waals surface area (Å²) in [5.74, 6) is -0.188. The molecule has 0 bridgehead atoms. The molecule has 23 heavy (non-hydrogen) atoms. The summed E-state index contributed by atoms with van der Waals surface area (Å²) in [4.78, 5) is 12.1. The van der Waals surface area contributed by atoms with Gasteiger partial charge in [-0.15, -0.1) is 0 Å². The fraction of sp³-hybridized carbons (Fsp3) is 0.278. The SMILES string of the molecule is CC(C)[C@@H](NCC(=O)Nc1ccccc1Cl)c1ccc(F)cc1. The lowest BCUT2D eigenvalue weighted by Crippen LogP contribution is -2.33. The first-order chi connectivity index (χ1) is 11.0. The molecule has 0 aliphatic carbocycles. The third-order valence-electron chi connectivity index (χ3n) is 3.53. The number of carbonyl (C=O) groups is 1. The maximum Gasteiger partial charge on any atom is 0.238 e. The minimum atomic E-state index is -0.271. The van der Waals surface area contributed by atoms with E-state index in [0.717, 1.165) is 5.56 Å². The van der Waals surface area contributed by atoms with E-state index in [4.69, 9.17) is 11.6 Å². The van der Waals surface area contributed by atoms with Gasteiger partial charge in [-0.1, -0.05) is 49.7 Å². The molecule has 2 aromatic rings. The average molecular weight is 335 g/mol. The van der Waals surface area contributed by atoms with E-state index >= 15 is 0 Å².